The molecular weight excluding hydrogens is 447 g/mol. The molecule has 1 saturated heterocycles. The van der Waals surface area contributed by atoms with E-state index in [2.05, 4.69) is 0 Å². The summed E-state index contributed by atoms with van der Waals surface area (Å²) in [5.41, 5.74) is -0.486. The SMILES string of the molecule is COC12CC3C[C@H](C1)C(Oc1cc(F)c(C(=O)NS(=O)(=O)N4CCC4)cc1Cl)[C@@H](C3)C2. The van der Waals surface area contributed by atoms with Gasteiger partial charge in [-0.25, -0.2) is 9.11 Å². The molecule has 0 spiro atoms. The number of halogens is 2. The Balaban J connectivity index is 1.33. The van der Waals surface area contributed by atoms with Crippen molar-refractivity contribution in [1.82, 2.24) is 9.03 Å². The van der Waals surface area contributed by atoms with Crippen molar-refractivity contribution in [1.29, 1.82) is 0 Å². The molecule has 4 bridgehead atoms. The third kappa shape index (κ3) is 3.73. The number of methoxy groups -OCH3 is 1. The van der Waals surface area contributed by atoms with Gasteiger partial charge in [0.25, 0.3) is 5.91 Å². The van der Waals surface area contributed by atoms with Crippen LogP contribution in [0.2, 0.25) is 5.02 Å². The lowest BCUT2D eigenvalue weighted by atomic mass is 9.53. The average Bonchev–Trinajstić information content (AvgIpc) is 2.64. The summed E-state index contributed by atoms with van der Waals surface area (Å²) in [6, 6.07) is 2.23. The summed E-state index contributed by atoms with van der Waals surface area (Å²) < 4.78 is 54.1. The van der Waals surface area contributed by atoms with Crippen LogP contribution in [0.25, 0.3) is 0 Å². The minimum Gasteiger partial charge on any atom is -0.488 e. The molecule has 1 N–H and O–H groups in total. The van der Waals surface area contributed by atoms with Gasteiger partial charge in [0.1, 0.15) is 17.7 Å². The van der Waals surface area contributed by atoms with Gasteiger partial charge < -0.3 is 9.47 Å². The summed E-state index contributed by atoms with van der Waals surface area (Å²) in [7, 11) is -2.19. The predicted octanol–water partition coefficient (Wildman–Crippen LogP) is 3.13. The molecule has 10 heteroatoms. The molecule has 3 unspecified atom stereocenters. The van der Waals surface area contributed by atoms with Crippen LogP contribution in [0.4, 0.5) is 4.39 Å². The van der Waals surface area contributed by atoms with Gasteiger partial charge >= 0.3 is 10.2 Å². The zero-order valence-corrected chi connectivity index (χ0v) is 18.8. The van der Waals surface area contributed by atoms with Gasteiger partial charge in [-0.15, -0.1) is 0 Å². The molecule has 170 valence electrons. The van der Waals surface area contributed by atoms with E-state index in [1.165, 1.54) is 0 Å². The van der Waals surface area contributed by atoms with Crippen LogP contribution in [-0.2, 0) is 14.9 Å². The smallest absolute Gasteiger partial charge is 0.304 e. The maximum atomic E-state index is 14.8. The normalized spacial score (nSPS) is 34.4. The molecule has 4 saturated carbocycles. The Morgan fingerprint density at radius 2 is 1.90 bits per heavy atom. The van der Waals surface area contributed by atoms with Crippen LogP contribution < -0.4 is 9.46 Å². The Morgan fingerprint density at radius 3 is 2.48 bits per heavy atom. The molecule has 4 aliphatic carbocycles. The van der Waals surface area contributed by atoms with Crippen LogP contribution in [0.1, 0.15) is 48.9 Å². The summed E-state index contributed by atoms with van der Waals surface area (Å²) in [5.74, 6) is -0.429. The van der Waals surface area contributed by atoms with E-state index >= 15 is 0 Å². The van der Waals surface area contributed by atoms with Crippen LogP contribution in [0.5, 0.6) is 5.75 Å². The van der Waals surface area contributed by atoms with Crippen LogP contribution in [0, 0.1) is 23.6 Å². The van der Waals surface area contributed by atoms with Crippen LogP contribution in [0.15, 0.2) is 12.1 Å². The Kier molecular flexibility index (Phi) is 5.23. The van der Waals surface area contributed by atoms with Crippen molar-refractivity contribution >= 4 is 27.7 Å². The molecule has 1 aliphatic heterocycles. The highest BCUT2D eigenvalue weighted by atomic mass is 35.5. The molecule has 5 fully saturated rings. The highest BCUT2D eigenvalue weighted by molar-refractivity contribution is 7.87. The zero-order chi connectivity index (χ0) is 22.0. The number of rotatable bonds is 6. The van der Waals surface area contributed by atoms with Crippen LogP contribution in [-0.4, -0.2) is 50.5 Å². The standard InChI is InChI=1S/C21H26ClFN2O5S/c1-29-21-9-12-5-13(10-21)19(14(6-12)11-21)30-18-8-17(23)15(7-16(18)22)20(26)24-31(27,28)25-3-2-4-25/h7-8,12-14,19H,2-6,9-11H2,1H3,(H,24,26)/t12?,13-,14+,19?,21?. The minimum atomic E-state index is -3.97. The summed E-state index contributed by atoms with van der Waals surface area (Å²) in [5, 5.41) is 0.0863. The number of benzene rings is 1. The third-order valence-electron chi connectivity index (χ3n) is 7.47. The van der Waals surface area contributed by atoms with Gasteiger partial charge in [0.05, 0.1) is 16.2 Å². The van der Waals surface area contributed by atoms with Gasteiger partial charge in [0, 0.05) is 26.3 Å². The fourth-order valence-corrected chi connectivity index (χ4v) is 7.47. The molecule has 7 nitrogen and oxygen atoms in total. The molecule has 31 heavy (non-hydrogen) atoms. The lowest BCUT2D eigenvalue weighted by Crippen LogP contribution is -2.59. The molecular formula is C21H26ClFN2O5S. The fraction of sp³-hybridized carbons (Fsp3) is 0.667. The van der Waals surface area contributed by atoms with Gasteiger partial charge in [-0.1, -0.05) is 11.6 Å². The van der Waals surface area contributed by atoms with Gasteiger partial charge in [0.15, 0.2) is 0 Å². The lowest BCUT2D eigenvalue weighted by molar-refractivity contribution is -0.182. The van der Waals surface area contributed by atoms with E-state index in [-0.39, 0.29) is 22.5 Å². The second-order valence-corrected chi connectivity index (χ2v) is 11.5. The first-order valence-electron chi connectivity index (χ1n) is 10.7. The average molecular weight is 473 g/mol. The van der Waals surface area contributed by atoms with Crippen molar-refractivity contribution in [3.8, 4) is 5.75 Å². The number of hydrogen-bond donors (Lipinski definition) is 1. The first kappa shape index (κ1) is 21.4. The van der Waals surface area contributed by atoms with E-state index in [0.29, 0.717) is 30.8 Å². The van der Waals surface area contributed by atoms with Crippen molar-refractivity contribution < 1.29 is 27.1 Å². The number of ether oxygens (including phenoxy) is 2. The predicted molar refractivity (Wildman–Crippen MR) is 112 cm³/mol. The molecule has 1 aromatic rings. The largest absolute Gasteiger partial charge is 0.488 e. The highest BCUT2D eigenvalue weighted by Crippen LogP contribution is 2.58. The molecule has 1 amide bonds. The molecule has 5 aliphatic rings. The molecule has 0 aromatic heterocycles. The van der Waals surface area contributed by atoms with E-state index in [1.807, 2.05) is 4.72 Å². The molecule has 1 aromatic carbocycles. The first-order valence-corrected chi connectivity index (χ1v) is 12.5. The van der Waals surface area contributed by atoms with Crippen molar-refractivity contribution in [2.75, 3.05) is 20.2 Å². The van der Waals surface area contributed by atoms with Crippen molar-refractivity contribution in [3.05, 3.63) is 28.5 Å². The minimum absolute atomic E-state index is 0.0602. The second-order valence-electron chi connectivity index (χ2n) is 9.39. The van der Waals surface area contributed by atoms with E-state index in [9.17, 15) is 17.6 Å². The van der Waals surface area contributed by atoms with Gasteiger partial charge in [-0.2, -0.15) is 12.7 Å². The Hall–Kier alpha value is -1.42. The summed E-state index contributed by atoms with van der Waals surface area (Å²) in [6.07, 6.45) is 5.76. The molecule has 0 radical (unpaired) electrons. The number of nitrogens with zero attached hydrogens (tertiary/aromatic N) is 1. The number of amides is 1. The maximum absolute atomic E-state index is 14.8. The summed E-state index contributed by atoms with van der Waals surface area (Å²) in [6.45, 7) is 0.682. The number of carbonyl (C=O) groups excluding carboxylic acids is 1. The van der Waals surface area contributed by atoms with E-state index in [4.69, 9.17) is 21.1 Å². The van der Waals surface area contributed by atoms with Crippen LogP contribution in [0.3, 0.4) is 0 Å². The molecule has 5 atom stereocenters. The summed E-state index contributed by atoms with van der Waals surface area (Å²) >= 11 is 6.33. The number of hydrogen-bond acceptors (Lipinski definition) is 5. The monoisotopic (exact) mass is 472 g/mol. The number of nitrogens with one attached hydrogen (secondary N) is 1. The quantitative estimate of drug-likeness (QED) is 0.687. The Labute approximate surface area is 186 Å². The lowest BCUT2D eigenvalue weighted by Gasteiger charge is -2.58. The van der Waals surface area contributed by atoms with E-state index < -0.39 is 27.5 Å². The Bertz CT molecular complexity index is 999. The van der Waals surface area contributed by atoms with E-state index in [0.717, 1.165) is 55.0 Å². The van der Waals surface area contributed by atoms with E-state index in [1.54, 1.807) is 7.11 Å². The van der Waals surface area contributed by atoms with Gasteiger partial charge in [-0.3, -0.25) is 4.79 Å². The van der Waals surface area contributed by atoms with Crippen molar-refractivity contribution in [2.24, 2.45) is 17.8 Å². The number of carbonyl (C=O) groups is 1. The van der Waals surface area contributed by atoms with Gasteiger partial charge in [-0.05, 0) is 62.3 Å². The molecule has 1 heterocycles. The van der Waals surface area contributed by atoms with Crippen molar-refractivity contribution in [3.63, 3.8) is 0 Å². The summed E-state index contributed by atoms with van der Waals surface area (Å²) in [4.78, 5) is 12.4. The maximum Gasteiger partial charge on any atom is 0.304 e. The van der Waals surface area contributed by atoms with Crippen molar-refractivity contribution in [2.45, 2.75) is 50.2 Å². The fourth-order valence-electron chi connectivity index (χ4n) is 6.05. The zero-order valence-electron chi connectivity index (χ0n) is 17.3. The van der Waals surface area contributed by atoms with Crippen LogP contribution >= 0.6 is 11.6 Å². The Morgan fingerprint density at radius 1 is 1.23 bits per heavy atom. The second kappa shape index (κ2) is 7.57. The first-order chi connectivity index (χ1) is 14.7. The molecule has 6 rings (SSSR count). The van der Waals surface area contributed by atoms with Gasteiger partial charge in [0.2, 0.25) is 0 Å². The topological polar surface area (TPSA) is 84.9 Å². The highest BCUT2D eigenvalue weighted by Gasteiger charge is 2.56. The third-order valence-corrected chi connectivity index (χ3v) is 9.25.